The van der Waals surface area contributed by atoms with Gasteiger partial charge in [0.05, 0.1) is 0 Å². The lowest BCUT2D eigenvalue weighted by Gasteiger charge is -2.23. The number of hydrogen-bond donors (Lipinski definition) is 0. The second-order valence-corrected chi connectivity index (χ2v) is 7.11. The number of hydrogen-bond acceptors (Lipinski definition) is 3. The quantitative estimate of drug-likeness (QED) is 0.730. The molecule has 0 aliphatic heterocycles. The summed E-state index contributed by atoms with van der Waals surface area (Å²) in [6, 6.07) is 6.40. The Bertz CT molecular complexity index is 572. The molecule has 2 aromatic rings. The van der Waals surface area contributed by atoms with Crippen molar-refractivity contribution >= 4 is 27.3 Å². The highest BCUT2D eigenvalue weighted by molar-refractivity contribution is 9.10. The van der Waals surface area contributed by atoms with Crippen molar-refractivity contribution in [3.63, 3.8) is 0 Å². The van der Waals surface area contributed by atoms with E-state index in [1.807, 2.05) is 5.38 Å². The Morgan fingerprint density at radius 1 is 1.32 bits per heavy atom. The third-order valence-corrected chi connectivity index (χ3v) is 4.34. The lowest BCUT2D eigenvalue weighted by molar-refractivity contribution is 0.451. The largest absolute Gasteiger partial charge is 0.431 e. The zero-order chi connectivity index (χ0) is 14.0. The van der Waals surface area contributed by atoms with E-state index in [1.54, 1.807) is 0 Å². The molecule has 1 aromatic heterocycles. The molecule has 0 unspecified atom stereocenters. The molecule has 0 amide bonds. The van der Waals surface area contributed by atoms with Crippen molar-refractivity contribution in [2.75, 3.05) is 0 Å². The summed E-state index contributed by atoms with van der Waals surface area (Å²) in [6.45, 7) is 8.77. The Hall–Kier alpha value is -0.870. The van der Waals surface area contributed by atoms with Gasteiger partial charge in [-0.05, 0) is 39.4 Å². The van der Waals surface area contributed by atoms with Crippen molar-refractivity contribution < 1.29 is 4.74 Å². The lowest BCUT2D eigenvalue weighted by Crippen LogP contribution is -2.13. The Morgan fingerprint density at radius 3 is 2.58 bits per heavy atom. The van der Waals surface area contributed by atoms with Crippen LogP contribution in [-0.2, 0) is 11.8 Å². The van der Waals surface area contributed by atoms with Crippen LogP contribution in [0.4, 0.5) is 0 Å². The fourth-order valence-corrected chi connectivity index (χ4v) is 2.95. The molecule has 0 radical (unpaired) electrons. The zero-order valence-electron chi connectivity index (χ0n) is 11.7. The molecular formula is C15H18BrNOS. The number of halogens is 1. The predicted octanol–water partition coefficient (Wildman–Crippen LogP) is 5.56. The van der Waals surface area contributed by atoms with Crippen LogP contribution in [0, 0.1) is 0 Å². The molecule has 19 heavy (non-hydrogen) atoms. The first-order valence-corrected chi connectivity index (χ1v) is 7.99. The van der Waals surface area contributed by atoms with E-state index in [0.717, 1.165) is 16.8 Å². The predicted molar refractivity (Wildman–Crippen MR) is 84.4 cm³/mol. The van der Waals surface area contributed by atoms with Crippen LogP contribution in [0.2, 0.25) is 0 Å². The first-order valence-electron chi connectivity index (χ1n) is 6.32. The summed E-state index contributed by atoms with van der Waals surface area (Å²) in [5.41, 5.74) is 2.60. The normalized spacial score (nSPS) is 11.6. The molecule has 102 valence electrons. The average molecular weight is 340 g/mol. The molecule has 0 aliphatic carbocycles. The molecule has 0 spiro atoms. The number of nitrogens with zero attached hydrogens (tertiary/aromatic N) is 1. The van der Waals surface area contributed by atoms with Crippen molar-refractivity contribution in [3.05, 3.63) is 39.3 Å². The van der Waals surface area contributed by atoms with Crippen LogP contribution in [0.25, 0.3) is 0 Å². The molecule has 0 fully saturated rings. The monoisotopic (exact) mass is 339 g/mol. The van der Waals surface area contributed by atoms with Crippen molar-refractivity contribution in [2.24, 2.45) is 0 Å². The number of aromatic nitrogens is 1. The summed E-state index contributed by atoms with van der Waals surface area (Å²) in [5.74, 6) is 0.895. The van der Waals surface area contributed by atoms with Gasteiger partial charge >= 0.3 is 0 Å². The molecule has 2 rings (SSSR count). The Morgan fingerprint density at radius 2 is 2.05 bits per heavy atom. The first-order chi connectivity index (χ1) is 8.90. The summed E-state index contributed by atoms with van der Waals surface area (Å²) < 4.78 is 6.75. The fourth-order valence-electron chi connectivity index (χ4n) is 1.85. The molecular weight excluding hydrogens is 322 g/mol. The molecule has 0 aliphatic rings. The Balaban J connectivity index is 2.39. The van der Waals surface area contributed by atoms with Crippen molar-refractivity contribution in [3.8, 4) is 10.9 Å². The van der Waals surface area contributed by atoms with E-state index in [2.05, 4.69) is 66.8 Å². The molecule has 0 saturated carbocycles. The maximum Gasteiger partial charge on any atom is 0.279 e. The van der Waals surface area contributed by atoms with Gasteiger partial charge in [-0.3, -0.25) is 0 Å². The summed E-state index contributed by atoms with van der Waals surface area (Å²) >= 11 is 4.84. The standard InChI is InChI=1S/C15H18BrNOS/c1-5-10-6-7-12(11(8-10)15(2,3)4)18-14-17-13(16)9-19-14/h6-9H,5H2,1-4H3. The van der Waals surface area contributed by atoms with Crippen LogP contribution >= 0.6 is 27.3 Å². The molecule has 1 aromatic carbocycles. The topological polar surface area (TPSA) is 22.1 Å². The second-order valence-electron chi connectivity index (χ2n) is 5.47. The van der Waals surface area contributed by atoms with Crippen LogP contribution in [0.15, 0.2) is 28.2 Å². The molecule has 0 bridgehead atoms. The number of benzene rings is 1. The highest BCUT2D eigenvalue weighted by Crippen LogP contribution is 2.36. The fraction of sp³-hybridized carbons (Fsp3) is 0.400. The van der Waals surface area contributed by atoms with E-state index in [-0.39, 0.29) is 5.41 Å². The van der Waals surface area contributed by atoms with Gasteiger partial charge in [0.2, 0.25) is 0 Å². The van der Waals surface area contributed by atoms with Gasteiger partial charge in [-0.2, -0.15) is 4.98 Å². The number of thiazole rings is 1. The van der Waals surface area contributed by atoms with Crippen molar-refractivity contribution in [1.29, 1.82) is 0 Å². The summed E-state index contributed by atoms with van der Waals surface area (Å²) in [7, 11) is 0. The second kappa shape index (κ2) is 5.63. The molecule has 0 saturated heterocycles. The minimum Gasteiger partial charge on any atom is -0.431 e. The maximum absolute atomic E-state index is 5.93. The van der Waals surface area contributed by atoms with Crippen LogP contribution in [0.3, 0.4) is 0 Å². The summed E-state index contributed by atoms with van der Waals surface area (Å²) in [5, 5.41) is 2.59. The third kappa shape index (κ3) is 3.57. The summed E-state index contributed by atoms with van der Waals surface area (Å²) in [6.07, 6.45) is 1.03. The number of aryl methyl sites for hydroxylation is 1. The van der Waals surface area contributed by atoms with Crippen LogP contribution < -0.4 is 4.74 Å². The highest BCUT2D eigenvalue weighted by atomic mass is 79.9. The third-order valence-electron chi connectivity index (χ3n) is 2.91. The van der Waals surface area contributed by atoms with Crippen LogP contribution in [0.1, 0.15) is 38.8 Å². The van der Waals surface area contributed by atoms with E-state index in [1.165, 1.54) is 22.5 Å². The minimum absolute atomic E-state index is 0.0506. The first kappa shape index (κ1) is 14.5. The lowest BCUT2D eigenvalue weighted by atomic mass is 9.85. The smallest absolute Gasteiger partial charge is 0.279 e. The van der Waals surface area contributed by atoms with E-state index >= 15 is 0 Å². The van der Waals surface area contributed by atoms with Gasteiger partial charge in [-0.1, -0.05) is 51.2 Å². The van der Waals surface area contributed by atoms with Crippen LogP contribution in [-0.4, -0.2) is 4.98 Å². The van der Waals surface area contributed by atoms with E-state index in [0.29, 0.717) is 5.19 Å². The van der Waals surface area contributed by atoms with Gasteiger partial charge in [-0.25, -0.2) is 0 Å². The zero-order valence-corrected chi connectivity index (χ0v) is 14.1. The SMILES string of the molecule is CCc1ccc(Oc2nc(Br)cs2)c(C(C)(C)C)c1. The average Bonchev–Trinajstić information content (AvgIpc) is 2.74. The van der Waals surface area contributed by atoms with Gasteiger partial charge in [0.15, 0.2) is 0 Å². The Labute approximate surface area is 127 Å². The van der Waals surface area contributed by atoms with Crippen LogP contribution in [0.5, 0.6) is 10.9 Å². The number of ether oxygens (including phenoxy) is 1. The van der Waals surface area contributed by atoms with E-state index < -0.39 is 0 Å². The van der Waals surface area contributed by atoms with Gasteiger partial charge in [0.1, 0.15) is 10.4 Å². The molecule has 0 N–H and O–H groups in total. The van der Waals surface area contributed by atoms with Gasteiger partial charge in [-0.15, -0.1) is 0 Å². The Kier molecular flexibility index (Phi) is 4.31. The van der Waals surface area contributed by atoms with E-state index in [9.17, 15) is 0 Å². The van der Waals surface area contributed by atoms with Crippen molar-refractivity contribution in [1.82, 2.24) is 4.98 Å². The molecule has 1 heterocycles. The molecule has 2 nitrogen and oxygen atoms in total. The maximum atomic E-state index is 5.93. The number of rotatable bonds is 3. The summed E-state index contributed by atoms with van der Waals surface area (Å²) in [4.78, 5) is 4.28. The van der Waals surface area contributed by atoms with Crippen molar-refractivity contribution in [2.45, 2.75) is 39.5 Å². The van der Waals surface area contributed by atoms with Gasteiger partial charge in [0, 0.05) is 10.9 Å². The minimum atomic E-state index is 0.0506. The van der Waals surface area contributed by atoms with E-state index in [4.69, 9.17) is 4.74 Å². The highest BCUT2D eigenvalue weighted by Gasteiger charge is 2.20. The molecule has 0 atom stereocenters. The molecule has 4 heteroatoms. The van der Waals surface area contributed by atoms with Gasteiger partial charge < -0.3 is 4.74 Å². The van der Waals surface area contributed by atoms with Gasteiger partial charge in [0.25, 0.3) is 5.19 Å².